The van der Waals surface area contributed by atoms with Crippen LogP contribution in [0.4, 0.5) is 8.78 Å². The van der Waals surface area contributed by atoms with Gasteiger partial charge in [-0.1, -0.05) is 6.07 Å². The van der Waals surface area contributed by atoms with E-state index in [4.69, 9.17) is 5.73 Å². The van der Waals surface area contributed by atoms with E-state index < -0.39 is 17.9 Å². The number of aryl methyl sites for hydroxylation is 1. The van der Waals surface area contributed by atoms with E-state index >= 15 is 0 Å². The highest BCUT2D eigenvalue weighted by Crippen LogP contribution is 2.37. The van der Waals surface area contributed by atoms with Crippen LogP contribution in [0, 0.1) is 12.8 Å². The maximum atomic E-state index is 14.1. The number of nitrogens with one attached hydrogen (secondary N) is 1. The lowest BCUT2D eigenvalue weighted by atomic mass is 9.81. The van der Waals surface area contributed by atoms with E-state index in [1.54, 1.807) is 12.3 Å². The van der Waals surface area contributed by atoms with Gasteiger partial charge in [0, 0.05) is 35.6 Å². The Labute approximate surface area is 165 Å². The summed E-state index contributed by atoms with van der Waals surface area (Å²) >= 11 is 1.34. The van der Waals surface area contributed by atoms with Gasteiger partial charge in [0.2, 0.25) is 0 Å². The number of fused-ring (bicyclic) bond motifs is 1. The molecule has 3 aromatic heterocycles. The van der Waals surface area contributed by atoms with Crippen LogP contribution in [0.3, 0.4) is 0 Å². The third kappa shape index (κ3) is 3.42. The molecule has 0 aromatic carbocycles. The molecule has 1 amide bonds. The predicted octanol–water partition coefficient (Wildman–Crippen LogP) is 3.86. The molecule has 0 spiro atoms. The molecular weight excluding hydrogens is 382 g/mol. The van der Waals surface area contributed by atoms with Crippen molar-refractivity contribution in [3.8, 4) is 11.3 Å². The number of hydrogen-bond acceptors (Lipinski definition) is 4. The molecule has 5 nitrogen and oxygen atoms in total. The lowest BCUT2D eigenvalue weighted by molar-refractivity contribution is -0.0908. The summed E-state index contributed by atoms with van der Waals surface area (Å²) in [5.74, 6) is -4.20. The zero-order valence-electron chi connectivity index (χ0n) is 15.5. The van der Waals surface area contributed by atoms with Gasteiger partial charge in [0.15, 0.2) is 0 Å². The van der Waals surface area contributed by atoms with Crippen molar-refractivity contribution in [2.24, 2.45) is 11.7 Å². The summed E-state index contributed by atoms with van der Waals surface area (Å²) in [5, 5.41) is 2.67. The molecule has 3 heterocycles. The minimum absolute atomic E-state index is 0.116. The molecule has 4 rings (SSSR count). The van der Waals surface area contributed by atoms with Crippen LogP contribution in [0.15, 0.2) is 36.7 Å². The Morgan fingerprint density at radius 1 is 1.46 bits per heavy atom. The molecule has 0 radical (unpaired) electrons. The quantitative estimate of drug-likeness (QED) is 0.694. The summed E-state index contributed by atoms with van der Waals surface area (Å²) in [6, 6.07) is 6.94. The Morgan fingerprint density at radius 3 is 3.07 bits per heavy atom. The van der Waals surface area contributed by atoms with Gasteiger partial charge in [0.05, 0.1) is 22.7 Å². The number of pyridine rings is 1. The Morgan fingerprint density at radius 2 is 2.29 bits per heavy atom. The number of thiophene rings is 1. The minimum atomic E-state index is -2.84. The first-order valence-electron chi connectivity index (χ1n) is 9.31. The molecule has 0 saturated heterocycles. The van der Waals surface area contributed by atoms with Crippen LogP contribution in [0.5, 0.6) is 0 Å². The third-order valence-electron chi connectivity index (χ3n) is 5.42. The Bertz CT molecular complexity index is 1010. The summed E-state index contributed by atoms with van der Waals surface area (Å²) in [7, 11) is 0. The van der Waals surface area contributed by atoms with Crippen LogP contribution in [0.25, 0.3) is 16.9 Å². The van der Waals surface area contributed by atoms with E-state index in [0.717, 1.165) is 21.8 Å². The van der Waals surface area contributed by atoms with E-state index in [1.165, 1.54) is 11.3 Å². The predicted molar refractivity (Wildman–Crippen MR) is 106 cm³/mol. The van der Waals surface area contributed by atoms with E-state index in [0.29, 0.717) is 17.7 Å². The fraction of sp³-hybridized carbons (Fsp3) is 0.400. The van der Waals surface area contributed by atoms with Crippen molar-refractivity contribution in [1.82, 2.24) is 14.7 Å². The van der Waals surface area contributed by atoms with Gasteiger partial charge in [-0.2, -0.15) is 0 Å². The van der Waals surface area contributed by atoms with Crippen molar-refractivity contribution in [2.45, 2.75) is 38.2 Å². The van der Waals surface area contributed by atoms with Crippen LogP contribution >= 0.6 is 11.3 Å². The van der Waals surface area contributed by atoms with Gasteiger partial charge < -0.3 is 11.1 Å². The summed E-state index contributed by atoms with van der Waals surface area (Å²) < 4.78 is 30.2. The summed E-state index contributed by atoms with van der Waals surface area (Å²) in [5.41, 5.74) is 8.51. The van der Waals surface area contributed by atoms with Gasteiger partial charge in [-0.15, -0.1) is 11.3 Å². The van der Waals surface area contributed by atoms with E-state index in [2.05, 4.69) is 10.3 Å². The van der Waals surface area contributed by atoms with Crippen molar-refractivity contribution >= 4 is 22.9 Å². The number of aromatic nitrogens is 2. The number of imidazole rings is 1. The molecule has 3 aromatic rings. The highest BCUT2D eigenvalue weighted by Gasteiger charge is 2.45. The topological polar surface area (TPSA) is 72.4 Å². The molecular formula is C20H22F2N4OS. The minimum Gasteiger partial charge on any atom is -0.351 e. The fourth-order valence-corrected chi connectivity index (χ4v) is 4.79. The second-order valence-corrected chi connectivity index (χ2v) is 8.54. The number of nitrogens with two attached hydrogens (primary N) is 1. The molecule has 3 N–H and O–H groups in total. The molecule has 2 atom stereocenters. The summed E-state index contributed by atoms with van der Waals surface area (Å²) in [4.78, 5) is 18.4. The van der Waals surface area contributed by atoms with Crippen molar-refractivity contribution in [3.05, 3.63) is 46.4 Å². The van der Waals surface area contributed by atoms with Gasteiger partial charge in [-0.05, 0) is 38.0 Å². The maximum absolute atomic E-state index is 14.1. The van der Waals surface area contributed by atoms with Crippen LogP contribution in [-0.2, 0) is 0 Å². The smallest absolute Gasteiger partial charge is 0.261 e. The zero-order valence-corrected chi connectivity index (χ0v) is 16.3. The number of amides is 1. The van der Waals surface area contributed by atoms with Crippen molar-refractivity contribution in [3.63, 3.8) is 0 Å². The van der Waals surface area contributed by atoms with E-state index in [-0.39, 0.29) is 18.9 Å². The standard InChI is InChI=1S/C20H22F2N4OS/c1-12-13(16-11-24-18-6-2-3-8-26(16)18)9-17(28-12)19(27)25-10-14-15(23)5-4-7-20(14,21)22/h2-3,6,8-9,11,14-15H,4-5,7,10,23H2,1H3,(H,25,27)/t14?,15-/m0/s1. The number of alkyl halides is 2. The first-order chi connectivity index (χ1) is 13.4. The number of carbonyl (C=O) groups is 1. The molecule has 148 valence electrons. The number of rotatable bonds is 4. The SMILES string of the molecule is Cc1sc(C(=O)NCC2[C@@H](N)CCCC2(F)F)cc1-c1cnc2ccccn12. The lowest BCUT2D eigenvalue weighted by Gasteiger charge is -2.36. The van der Waals surface area contributed by atoms with Gasteiger partial charge >= 0.3 is 0 Å². The highest BCUT2D eigenvalue weighted by molar-refractivity contribution is 7.14. The Hall–Kier alpha value is -2.32. The number of nitrogens with zero attached hydrogens (tertiary/aromatic N) is 2. The second kappa shape index (κ2) is 7.25. The molecule has 1 fully saturated rings. The van der Waals surface area contributed by atoms with E-state index in [1.807, 2.05) is 35.7 Å². The molecule has 1 saturated carbocycles. The molecule has 8 heteroatoms. The first-order valence-corrected chi connectivity index (χ1v) is 10.1. The molecule has 0 bridgehead atoms. The van der Waals surface area contributed by atoms with Gasteiger partial charge in [0.1, 0.15) is 5.65 Å². The van der Waals surface area contributed by atoms with Gasteiger partial charge in [0.25, 0.3) is 11.8 Å². The average Bonchev–Trinajstić information content (AvgIpc) is 3.24. The monoisotopic (exact) mass is 404 g/mol. The van der Waals surface area contributed by atoms with Crippen LogP contribution in [-0.4, -0.2) is 33.8 Å². The molecule has 1 unspecified atom stereocenters. The second-order valence-electron chi connectivity index (χ2n) is 7.29. The first kappa shape index (κ1) is 19.0. The molecule has 1 aliphatic carbocycles. The van der Waals surface area contributed by atoms with Crippen molar-refractivity contribution in [2.75, 3.05) is 6.54 Å². The number of hydrogen-bond donors (Lipinski definition) is 2. The van der Waals surface area contributed by atoms with Crippen LogP contribution in [0.2, 0.25) is 0 Å². The van der Waals surface area contributed by atoms with Gasteiger partial charge in [-0.25, -0.2) is 13.8 Å². The normalized spacial score (nSPS) is 21.7. The molecule has 28 heavy (non-hydrogen) atoms. The van der Waals surface area contributed by atoms with Crippen LogP contribution < -0.4 is 11.1 Å². The van der Waals surface area contributed by atoms with Crippen molar-refractivity contribution in [1.29, 1.82) is 0 Å². The maximum Gasteiger partial charge on any atom is 0.261 e. The number of halogens is 2. The molecule has 0 aliphatic heterocycles. The zero-order chi connectivity index (χ0) is 19.9. The van der Waals surface area contributed by atoms with Gasteiger partial charge in [-0.3, -0.25) is 9.20 Å². The molecule has 1 aliphatic rings. The fourth-order valence-electron chi connectivity index (χ4n) is 3.84. The lowest BCUT2D eigenvalue weighted by Crippen LogP contribution is -2.51. The van der Waals surface area contributed by atoms with Crippen molar-refractivity contribution < 1.29 is 13.6 Å². The highest BCUT2D eigenvalue weighted by atomic mass is 32.1. The summed E-state index contributed by atoms with van der Waals surface area (Å²) in [6.07, 6.45) is 4.50. The van der Waals surface area contributed by atoms with E-state index in [9.17, 15) is 13.6 Å². The number of carbonyl (C=O) groups excluding carboxylic acids is 1. The Kier molecular flexibility index (Phi) is 4.93. The van der Waals surface area contributed by atoms with Crippen LogP contribution in [0.1, 0.15) is 33.8 Å². The summed E-state index contributed by atoms with van der Waals surface area (Å²) in [6.45, 7) is 1.82. The average molecular weight is 404 g/mol. The third-order valence-corrected chi connectivity index (χ3v) is 6.47. The largest absolute Gasteiger partial charge is 0.351 e. The Balaban J connectivity index is 1.52.